The van der Waals surface area contributed by atoms with Crippen molar-refractivity contribution in [2.24, 2.45) is 11.5 Å². The van der Waals surface area contributed by atoms with Crippen LogP contribution in [0, 0.1) is 0 Å². The lowest BCUT2D eigenvalue weighted by Gasteiger charge is -2.36. The van der Waals surface area contributed by atoms with Crippen molar-refractivity contribution in [1.29, 1.82) is 0 Å². The van der Waals surface area contributed by atoms with E-state index in [0.717, 1.165) is 24.0 Å². The molecule has 0 saturated heterocycles. The fourth-order valence-corrected chi connectivity index (χ4v) is 3.28. The lowest BCUT2D eigenvalue weighted by Crippen LogP contribution is -2.49. The van der Waals surface area contributed by atoms with Crippen LogP contribution in [0.25, 0.3) is 0 Å². The Bertz CT molecular complexity index is 653. The van der Waals surface area contributed by atoms with Crippen molar-refractivity contribution in [3.63, 3.8) is 0 Å². The molecule has 0 spiro atoms. The van der Waals surface area contributed by atoms with Gasteiger partial charge in [-0.3, -0.25) is 0 Å². The Balaban J connectivity index is 2.10. The topological polar surface area (TPSA) is 52.0 Å². The third-order valence-electron chi connectivity index (χ3n) is 4.03. The van der Waals surface area contributed by atoms with Crippen molar-refractivity contribution in [1.82, 2.24) is 0 Å². The van der Waals surface area contributed by atoms with Gasteiger partial charge in [-0.25, -0.2) is 0 Å². The first-order valence-corrected chi connectivity index (χ1v) is 7.37. The number of fused-ring (bicyclic) bond motifs is 1. The Labute approximate surface area is 128 Å². The third-order valence-corrected chi connectivity index (χ3v) is 4.77. The van der Waals surface area contributed by atoms with Gasteiger partial charge in [-0.05, 0) is 41.7 Å². The molecule has 1 atom stereocenters. The first-order valence-electron chi connectivity index (χ1n) is 6.61. The van der Waals surface area contributed by atoms with Crippen molar-refractivity contribution in [3.8, 4) is 0 Å². The lowest BCUT2D eigenvalue weighted by molar-refractivity contribution is 0.370. The number of hydrogen-bond donors (Lipinski definition) is 2. The summed E-state index contributed by atoms with van der Waals surface area (Å²) in [7, 11) is 0. The van der Waals surface area contributed by atoms with Gasteiger partial charge in [0, 0.05) is 5.92 Å². The van der Waals surface area contributed by atoms with E-state index in [9.17, 15) is 0 Å². The van der Waals surface area contributed by atoms with Gasteiger partial charge in [0.15, 0.2) is 0 Å². The van der Waals surface area contributed by atoms with Crippen molar-refractivity contribution in [3.05, 3.63) is 69.2 Å². The zero-order valence-corrected chi connectivity index (χ0v) is 12.5. The molecule has 0 amide bonds. The molecule has 1 aliphatic carbocycles. The molecule has 0 unspecified atom stereocenters. The van der Waals surface area contributed by atoms with E-state index in [1.54, 1.807) is 0 Å². The zero-order chi connectivity index (χ0) is 14.3. The number of halogens is 2. The van der Waals surface area contributed by atoms with Crippen LogP contribution in [0.15, 0.2) is 42.5 Å². The van der Waals surface area contributed by atoms with Crippen LogP contribution in [0.3, 0.4) is 0 Å². The molecular formula is C16H16Cl2N2. The Kier molecular flexibility index (Phi) is 3.51. The normalized spacial score (nSPS) is 20.5. The Morgan fingerprint density at radius 2 is 1.75 bits per heavy atom. The van der Waals surface area contributed by atoms with Gasteiger partial charge in [0.2, 0.25) is 0 Å². The quantitative estimate of drug-likeness (QED) is 0.783. The van der Waals surface area contributed by atoms with E-state index in [0.29, 0.717) is 10.0 Å². The maximum atomic E-state index is 6.21. The number of rotatable bonds is 1. The molecule has 2 nitrogen and oxygen atoms in total. The minimum atomic E-state index is -0.747. The second-order valence-electron chi connectivity index (χ2n) is 5.39. The predicted molar refractivity (Wildman–Crippen MR) is 84.0 cm³/mol. The van der Waals surface area contributed by atoms with Crippen LogP contribution in [0.4, 0.5) is 0 Å². The highest BCUT2D eigenvalue weighted by molar-refractivity contribution is 6.42. The maximum Gasteiger partial charge on any atom is 0.0902 e. The lowest BCUT2D eigenvalue weighted by atomic mass is 9.74. The van der Waals surface area contributed by atoms with Gasteiger partial charge < -0.3 is 11.5 Å². The number of nitrogens with two attached hydrogens (primary N) is 2. The highest BCUT2D eigenvalue weighted by Gasteiger charge is 2.34. The van der Waals surface area contributed by atoms with Crippen LogP contribution in [-0.2, 0) is 5.66 Å². The van der Waals surface area contributed by atoms with Crippen molar-refractivity contribution in [2.75, 3.05) is 0 Å². The molecule has 20 heavy (non-hydrogen) atoms. The monoisotopic (exact) mass is 306 g/mol. The predicted octanol–water partition coefficient (Wildman–Crippen LogP) is 3.99. The van der Waals surface area contributed by atoms with E-state index in [-0.39, 0.29) is 5.92 Å². The van der Waals surface area contributed by atoms with Crippen LogP contribution in [0.1, 0.15) is 35.4 Å². The minimum absolute atomic E-state index is 0.265. The molecule has 104 valence electrons. The summed E-state index contributed by atoms with van der Waals surface area (Å²) in [6, 6.07) is 13.9. The Morgan fingerprint density at radius 1 is 1.00 bits per heavy atom. The number of benzene rings is 2. The van der Waals surface area contributed by atoms with Gasteiger partial charge in [0.25, 0.3) is 0 Å². The second kappa shape index (κ2) is 5.05. The molecule has 0 radical (unpaired) electrons. The van der Waals surface area contributed by atoms with Crippen molar-refractivity contribution < 1.29 is 0 Å². The first kappa shape index (κ1) is 13.9. The van der Waals surface area contributed by atoms with Gasteiger partial charge in [-0.1, -0.05) is 53.5 Å². The summed E-state index contributed by atoms with van der Waals surface area (Å²) in [5.74, 6) is 0.265. The van der Waals surface area contributed by atoms with E-state index in [1.807, 2.05) is 36.4 Å². The van der Waals surface area contributed by atoms with Gasteiger partial charge in [0.1, 0.15) is 0 Å². The zero-order valence-electron chi connectivity index (χ0n) is 10.9. The van der Waals surface area contributed by atoms with E-state index < -0.39 is 5.66 Å². The Hall–Kier alpha value is -1.06. The van der Waals surface area contributed by atoms with Crippen molar-refractivity contribution in [2.45, 2.75) is 24.4 Å². The molecule has 0 aliphatic heterocycles. The molecule has 0 fully saturated rings. The summed E-state index contributed by atoms with van der Waals surface area (Å²) in [6.07, 6.45) is 1.65. The summed E-state index contributed by atoms with van der Waals surface area (Å²) < 4.78 is 0. The average Bonchev–Trinajstić information content (AvgIpc) is 2.43. The summed E-state index contributed by atoms with van der Waals surface area (Å²) in [5.41, 5.74) is 15.0. The molecule has 2 aromatic rings. The van der Waals surface area contributed by atoms with Crippen LogP contribution < -0.4 is 11.5 Å². The van der Waals surface area contributed by atoms with E-state index in [2.05, 4.69) is 6.07 Å². The molecule has 0 bridgehead atoms. The summed E-state index contributed by atoms with van der Waals surface area (Å²) in [6.45, 7) is 0. The fraction of sp³-hybridized carbons (Fsp3) is 0.250. The van der Waals surface area contributed by atoms with Gasteiger partial charge in [-0.2, -0.15) is 0 Å². The largest absolute Gasteiger partial charge is 0.310 e. The molecular weight excluding hydrogens is 291 g/mol. The molecule has 1 aliphatic rings. The summed E-state index contributed by atoms with van der Waals surface area (Å²) in [5, 5.41) is 1.16. The summed E-state index contributed by atoms with van der Waals surface area (Å²) >= 11 is 12.1. The van der Waals surface area contributed by atoms with Gasteiger partial charge in [0.05, 0.1) is 15.7 Å². The highest BCUT2D eigenvalue weighted by Crippen LogP contribution is 2.42. The smallest absolute Gasteiger partial charge is 0.0902 e. The van der Waals surface area contributed by atoms with Crippen LogP contribution in [0.5, 0.6) is 0 Å². The van der Waals surface area contributed by atoms with E-state index in [4.69, 9.17) is 34.7 Å². The van der Waals surface area contributed by atoms with Gasteiger partial charge in [-0.15, -0.1) is 0 Å². The van der Waals surface area contributed by atoms with Gasteiger partial charge >= 0.3 is 0 Å². The standard InChI is InChI=1S/C16H16Cl2N2/c17-14-6-5-10(9-15(14)18)11-7-8-16(19,20)13-4-2-1-3-12(11)13/h1-6,9,11H,7-8,19-20H2/t11-/m0/s1. The molecule has 4 heteroatoms. The SMILES string of the molecule is NC1(N)CC[C@@H](c2ccc(Cl)c(Cl)c2)c2ccccc21. The molecule has 2 aromatic carbocycles. The molecule has 0 heterocycles. The van der Waals surface area contributed by atoms with Crippen LogP contribution in [0.2, 0.25) is 10.0 Å². The van der Waals surface area contributed by atoms with E-state index in [1.165, 1.54) is 5.56 Å². The Morgan fingerprint density at radius 3 is 2.50 bits per heavy atom. The molecule has 4 N–H and O–H groups in total. The second-order valence-corrected chi connectivity index (χ2v) is 6.21. The van der Waals surface area contributed by atoms with Crippen LogP contribution >= 0.6 is 23.2 Å². The highest BCUT2D eigenvalue weighted by atomic mass is 35.5. The minimum Gasteiger partial charge on any atom is -0.310 e. The molecule has 3 rings (SSSR count). The third kappa shape index (κ3) is 2.33. The van der Waals surface area contributed by atoms with Crippen molar-refractivity contribution >= 4 is 23.2 Å². The fourth-order valence-electron chi connectivity index (χ4n) is 2.97. The van der Waals surface area contributed by atoms with Crippen LogP contribution in [-0.4, -0.2) is 0 Å². The average molecular weight is 307 g/mol. The van der Waals surface area contributed by atoms with E-state index >= 15 is 0 Å². The number of hydrogen-bond acceptors (Lipinski definition) is 2. The summed E-state index contributed by atoms with van der Waals surface area (Å²) in [4.78, 5) is 0. The molecule has 0 aromatic heterocycles. The maximum absolute atomic E-state index is 6.21. The first-order chi connectivity index (χ1) is 9.49. The molecule has 0 saturated carbocycles.